The first-order valence-corrected chi connectivity index (χ1v) is 10.7. The van der Waals surface area contributed by atoms with Crippen molar-refractivity contribution in [3.05, 3.63) is 70.8 Å². The highest BCUT2D eigenvalue weighted by Gasteiger charge is 2.11. The van der Waals surface area contributed by atoms with Crippen molar-refractivity contribution in [1.29, 1.82) is 0 Å². The molecule has 2 aromatic rings. The van der Waals surface area contributed by atoms with E-state index >= 15 is 0 Å². The van der Waals surface area contributed by atoms with E-state index in [1.165, 1.54) is 80.5 Å². The highest BCUT2D eigenvalue weighted by molar-refractivity contribution is 5.22. The van der Waals surface area contributed by atoms with Gasteiger partial charge in [0.05, 0.1) is 0 Å². The van der Waals surface area contributed by atoms with Crippen molar-refractivity contribution in [1.82, 2.24) is 9.80 Å². The minimum atomic E-state index is 1.14. The molecule has 0 spiro atoms. The summed E-state index contributed by atoms with van der Waals surface area (Å²) in [5, 5.41) is 0. The fourth-order valence-corrected chi connectivity index (χ4v) is 4.20. The zero-order valence-electron chi connectivity index (χ0n) is 17.3. The molecule has 0 unspecified atom stereocenters. The molecule has 2 aliphatic rings. The van der Waals surface area contributed by atoms with Crippen LogP contribution in [-0.2, 0) is 13.1 Å². The lowest BCUT2D eigenvalue weighted by atomic mass is 10.1. The molecule has 0 aromatic heterocycles. The van der Waals surface area contributed by atoms with Gasteiger partial charge in [0.1, 0.15) is 0 Å². The van der Waals surface area contributed by atoms with Crippen LogP contribution in [0.3, 0.4) is 0 Å². The Morgan fingerprint density at radius 1 is 0.593 bits per heavy atom. The molecule has 2 aliphatic heterocycles. The van der Waals surface area contributed by atoms with Crippen LogP contribution < -0.4 is 0 Å². The van der Waals surface area contributed by atoms with E-state index in [1.807, 2.05) is 0 Å². The molecule has 2 saturated heterocycles. The Bertz CT molecular complexity index is 682. The van der Waals surface area contributed by atoms with Gasteiger partial charge in [-0.1, -0.05) is 66.1 Å². The number of piperidine rings is 1. The standard InChI is InChI=1S/C13H19N.C12H17N/c1-12-6-5-7-13(10-12)11-14-8-3-2-4-9-14;1-11-5-4-6-12(9-11)10-13-7-2-3-8-13/h5-7,10H,2-4,8-9,11H2,1H3;4-6,9H,2-3,7-8,10H2,1H3. The van der Waals surface area contributed by atoms with Crippen LogP contribution in [0.4, 0.5) is 0 Å². The summed E-state index contributed by atoms with van der Waals surface area (Å²) in [6.07, 6.45) is 6.94. The monoisotopic (exact) mass is 364 g/mol. The highest BCUT2D eigenvalue weighted by Crippen LogP contribution is 2.14. The number of rotatable bonds is 4. The number of benzene rings is 2. The smallest absolute Gasteiger partial charge is 0.0233 e. The molecule has 2 nitrogen and oxygen atoms in total. The van der Waals surface area contributed by atoms with E-state index in [-0.39, 0.29) is 0 Å². The molecular weight excluding hydrogens is 328 g/mol. The minimum absolute atomic E-state index is 1.14. The molecule has 0 amide bonds. The van der Waals surface area contributed by atoms with Gasteiger partial charge in [0.15, 0.2) is 0 Å². The van der Waals surface area contributed by atoms with Gasteiger partial charge in [-0.15, -0.1) is 0 Å². The van der Waals surface area contributed by atoms with Gasteiger partial charge in [-0.2, -0.15) is 0 Å². The lowest BCUT2D eigenvalue weighted by Gasteiger charge is -2.26. The quantitative estimate of drug-likeness (QED) is 0.699. The zero-order chi connectivity index (χ0) is 18.9. The van der Waals surface area contributed by atoms with E-state index in [0.717, 1.165) is 13.1 Å². The second-order valence-corrected chi connectivity index (χ2v) is 8.30. The SMILES string of the molecule is Cc1cccc(CN2CCCC2)c1.Cc1cccc(CN2CCCCC2)c1. The number of nitrogens with zero attached hydrogens (tertiary/aromatic N) is 2. The van der Waals surface area contributed by atoms with Gasteiger partial charge in [-0.05, 0) is 76.8 Å². The Balaban J connectivity index is 0.000000156. The molecule has 0 aliphatic carbocycles. The number of hydrogen-bond acceptors (Lipinski definition) is 2. The normalized spacial score (nSPS) is 18.1. The Morgan fingerprint density at radius 2 is 1.00 bits per heavy atom. The van der Waals surface area contributed by atoms with E-state index in [1.54, 1.807) is 0 Å². The third-order valence-corrected chi connectivity index (χ3v) is 5.62. The van der Waals surface area contributed by atoms with E-state index in [4.69, 9.17) is 0 Å². The van der Waals surface area contributed by atoms with Crippen LogP contribution in [0.25, 0.3) is 0 Å². The molecular formula is C25H36N2. The van der Waals surface area contributed by atoms with Gasteiger partial charge in [0.25, 0.3) is 0 Å². The molecule has 0 bridgehead atoms. The molecule has 0 radical (unpaired) electrons. The first-order chi connectivity index (χ1) is 13.2. The van der Waals surface area contributed by atoms with Crippen molar-refractivity contribution < 1.29 is 0 Å². The van der Waals surface area contributed by atoms with E-state index < -0.39 is 0 Å². The number of hydrogen-bond donors (Lipinski definition) is 0. The lowest BCUT2D eigenvalue weighted by Crippen LogP contribution is -2.29. The van der Waals surface area contributed by atoms with Gasteiger partial charge >= 0.3 is 0 Å². The zero-order valence-corrected chi connectivity index (χ0v) is 17.3. The Kier molecular flexibility index (Phi) is 7.92. The summed E-state index contributed by atoms with van der Waals surface area (Å²) >= 11 is 0. The van der Waals surface area contributed by atoms with Crippen molar-refractivity contribution in [2.75, 3.05) is 26.2 Å². The van der Waals surface area contributed by atoms with Crippen molar-refractivity contribution in [3.63, 3.8) is 0 Å². The summed E-state index contributed by atoms with van der Waals surface area (Å²) < 4.78 is 0. The number of likely N-dealkylation sites (tertiary alicyclic amines) is 2. The Labute approximate surface area is 166 Å². The maximum atomic E-state index is 2.57. The second kappa shape index (κ2) is 10.6. The molecule has 2 aromatic carbocycles. The van der Waals surface area contributed by atoms with Crippen LogP contribution in [0, 0.1) is 13.8 Å². The average molecular weight is 365 g/mol. The predicted octanol–water partition coefficient (Wildman–Crippen LogP) is 5.57. The predicted molar refractivity (Wildman–Crippen MR) is 116 cm³/mol. The van der Waals surface area contributed by atoms with Crippen LogP contribution in [-0.4, -0.2) is 36.0 Å². The molecule has 0 atom stereocenters. The summed E-state index contributed by atoms with van der Waals surface area (Å²) in [4.78, 5) is 5.10. The third-order valence-electron chi connectivity index (χ3n) is 5.62. The molecule has 0 N–H and O–H groups in total. The lowest BCUT2D eigenvalue weighted by molar-refractivity contribution is 0.221. The summed E-state index contributed by atoms with van der Waals surface area (Å²) in [7, 11) is 0. The van der Waals surface area contributed by atoms with Crippen molar-refractivity contribution in [2.45, 2.75) is 59.0 Å². The van der Waals surface area contributed by atoms with Gasteiger partial charge in [0.2, 0.25) is 0 Å². The van der Waals surface area contributed by atoms with Crippen LogP contribution in [0.5, 0.6) is 0 Å². The summed E-state index contributed by atoms with van der Waals surface area (Å²) in [5.41, 5.74) is 5.67. The molecule has 2 heteroatoms. The van der Waals surface area contributed by atoms with E-state index in [0.29, 0.717) is 0 Å². The summed E-state index contributed by atoms with van der Waals surface area (Å²) in [5.74, 6) is 0. The van der Waals surface area contributed by atoms with Crippen molar-refractivity contribution in [3.8, 4) is 0 Å². The number of aryl methyl sites for hydroxylation is 2. The Hall–Kier alpha value is -1.64. The van der Waals surface area contributed by atoms with E-state index in [2.05, 4.69) is 72.2 Å². The van der Waals surface area contributed by atoms with Gasteiger partial charge < -0.3 is 0 Å². The molecule has 2 heterocycles. The fourth-order valence-electron chi connectivity index (χ4n) is 4.20. The topological polar surface area (TPSA) is 6.48 Å². The maximum Gasteiger partial charge on any atom is 0.0233 e. The largest absolute Gasteiger partial charge is 0.299 e. The highest BCUT2D eigenvalue weighted by atomic mass is 15.1. The van der Waals surface area contributed by atoms with Gasteiger partial charge in [0, 0.05) is 13.1 Å². The second-order valence-electron chi connectivity index (χ2n) is 8.30. The minimum Gasteiger partial charge on any atom is -0.299 e. The Morgan fingerprint density at radius 3 is 1.41 bits per heavy atom. The van der Waals surface area contributed by atoms with Gasteiger partial charge in [-0.25, -0.2) is 0 Å². The average Bonchev–Trinajstić information content (AvgIpc) is 3.16. The fraction of sp³-hybridized carbons (Fsp3) is 0.520. The van der Waals surface area contributed by atoms with Crippen molar-refractivity contribution in [2.24, 2.45) is 0 Å². The first-order valence-electron chi connectivity index (χ1n) is 10.7. The van der Waals surface area contributed by atoms with Crippen LogP contribution in [0.15, 0.2) is 48.5 Å². The summed E-state index contributed by atoms with van der Waals surface area (Å²) in [6.45, 7) is 11.8. The first kappa shape index (κ1) is 20.1. The maximum absolute atomic E-state index is 2.57. The van der Waals surface area contributed by atoms with Gasteiger partial charge in [-0.3, -0.25) is 9.80 Å². The van der Waals surface area contributed by atoms with Crippen LogP contribution in [0.2, 0.25) is 0 Å². The van der Waals surface area contributed by atoms with Crippen LogP contribution in [0.1, 0.15) is 54.4 Å². The van der Waals surface area contributed by atoms with Crippen LogP contribution >= 0.6 is 0 Å². The third kappa shape index (κ3) is 7.12. The molecule has 146 valence electrons. The molecule has 2 fully saturated rings. The molecule has 0 saturated carbocycles. The summed E-state index contributed by atoms with van der Waals surface area (Å²) in [6, 6.07) is 17.7. The molecule has 27 heavy (non-hydrogen) atoms. The molecule has 4 rings (SSSR count). The van der Waals surface area contributed by atoms with E-state index in [9.17, 15) is 0 Å². The van der Waals surface area contributed by atoms with Crippen molar-refractivity contribution >= 4 is 0 Å².